The number of pyridine rings is 1. The van der Waals surface area contributed by atoms with Crippen LogP contribution in [0.1, 0.15) is 22.3 Å². The monoisotopic (exact) mass is 688 g/mol. The maximum atomic E-state index is 14.3. The number of carbonyl (C=O) groups excluding carboxylic acids is 1. The summed E-state index contributed by atoms with van der Waals surface area (Å²) < 4.78 is 36.2. The number of fused-ring (bicyclic) bond motifs is 1. The van der Waals surface area contributed by atoms with Gasteiger partial charge in [-0.3, -0.25) is 9.20 Å². The lowest BCUT2D eigenvalue weighted by atomic mass is 10.0. The first-order chi connectivity index (χ1) is 24.9. The zero-order valence-electron chi connectivity index (χ0n) is 28.4. The number of ether oxygens (including phenoxy) is 1. The molecule has 3 aromatic carbocycles. The fraction of sp³-hybridized carbons (Fsp3) is 0.231. The molecular formula is C39H38F2N8O2. The van der Waals surface area contributed by atoms with Gasteiger partial charge in [-0.1, -0.05) is 30.3 Å². The van der Waals surface area contributed by atoms with Crippen LogP contribution >= 0.6 is 0 Å². The Morgan fingerprint density at radius 2 is 1.71 bits per heavy atom. The summed E-state index contributed by atoms with van der Waals surface area (Å²) in [5, 5.41) is 5.68. The van der Waals surface area contributed by atoms with Crippen molar-refractivity contribution in [2.45, 2.75) is 12.8 Å². The summed E-state index contributed by atoms with van der Waals surface area (Å²) in [4.78, 5) is 32.3. The van der Waals surface area contributed by atoms with Gasteiger partial charge in [0.1, 0.15) is 28.7 Å². The minimum absolute atomic E-state index is 0.207. The van der Waals surface area contributed by atoms with Crippen molar-refractivity contribution >= 4 is 28.9 Å². The maximum absolute atomic E-state index is 14.3. The lowest BCUT2D eigenvalue weighted by Gasteiger charge is -2.32. The molecule has 0 radical (unpaired) electrons. The van der Waals surface area contributed by atoms with Crippen LogP contribution in [-0.2, 0) is 6.42 Å². The Bertz CT molecular complexity index is 2160. The largest absolute Gasteiger partial charge is 0.495 e. The molecule has 0 aliphatic carbocycles. The van der Waals surface area contributed by atoms with E-state index in [1.54, 1.807) is 37.6 Å². The molecule has 2 N–H and O–H groups in total. The number of nitrogens with zero attached hydrogens (tertiary/aromatic N) is 6. The molecule has 1 aliphatic rings. The lowest BCUT2D eigenvalue weighted by molar-refractivity contribution is 0.102. The number of nitrogens with one attached hydrogen (secondary N) is 2. The van der Waals surface area contributed by atoms with Crippen molar-refractivity contribution in [1.29, 1.82) is 0 Å². The van der Waals surface area contributed by atoms with Gasteiger partial charge in [0.25, 0.3) is 5.91 Å². The maximum Gasteiger partial charge on any atom is 0.255 e. The Balaban J connectivity index is 1.13. The average molecular weight is 689 g/mol. The van der Waals surface area contributed by atoms with Crippen molar-refractivity contribution < 1.29 is 18.3 Å². The minimum Gasteiger partial charge on any atom is -0.495 e. The van der Waals surface area contributed by atoms with E-state index in [9.17, 15) is 13.6 Å². The summed E-state index contributed by atoms with van der Waals surface area (Å²) in [5.41, 5.74) is 4.76. The molecule has 0 bridgehead atoms. The summed E-state index contributed by atoms with van der Waals surface area (Å²) in [6.45, 7) is 5.53. The molecule has 51 heavy (non-hydrogen) atoms. The van der Waals surface area contributed by atoms with Gasteiger partial charge in [-0.2, -0.15) is 0 Å². The van der Waals surface area contributed by atoms with Crippen LogP contribution in [0, 0.1) is 11.6 Å². The fourth-order valence-electron chi connectivity index (χ4n) is 6.30. The number of halogens is 2. The fourth-order valence-corrected chi connectivity index (χ4v) is 6.30. The van der Waals surface area contributed by atoms with Crippen molar-refractivity contribution in [2.24, 2.45) is 0 Å². The van der Waals surface area contributed by atoms with Crippen LogP contribution in [0.25, 0.3) is 28.3 Å². The van der Waals surface area contributed by atoms with Gasteiger partial charge in [0, 0.05) is 49.7 Å². The van der Waals surface area contributed by atoms with E-state index in [4.69, 9.17) is 14.7 Å². The number of piperazine rings is 1. The second kappa shape index (κ2) is 15.0. The van der Waals surface area contributed by atoms with Crippen LogP contribution in [0.3, 0.4) is 0 Å². The molecule has 10 nitrogen and oxygen atoms in total. The van der Waals surface area contributed by atoms with E-state index in [0.29, 0.717) is 40.0 Å². The molecule has 1 aliphatic heterocycles. The summed E-state index contributed by atoms with van der Waals surface area (Å²) in [6, 6.07) is 23.8. The Hall–Kier alpha value is -5.72. The molecule has 0 atom stereocenters. The third kappa shape index (κ3) is 7.57. The highest BCUT2D eigenvalue weighted by Gasteiger charge is 2.20. The van der Waals surface area contributed by atoms with Crippen molar-refractivity contribution in [3.8, 4) is 28.4 Å². The highest BCUT2D eigenvalue weighted by Crippen LogP contribution is 2.34. The number of rotatable bonds is 11. The minimum atomic E-state index is -0.861. The Kier molecular flexibility index (Phi) is 9.95. The second-order valence-corrected chi connectivity index (χ2v) is 12.5. The first-order valence-corrected chi connectivity index (χ1v) is 16.9. The number of anilines is 3. The molecular weight excluding hydrogens is 650 g/mol. The summed E-state index contributed by atoms with van der Waals surface area (Å²) >= 11 is 0. The number of amides is 1. The molecule has 6 aromatic rings. The smallest absolute Gasteiger partial charge is 0.255 e. The summed E-state index contributed by atoms with van der Waals surface area (Å²) in [5.74, 6) is -1.32. The molecule has 1 saturated heterocycles. The van der Waals surface area contributed by atoms with Gasteiger partial charge in [-0.15, -0.1) is 0 Å². The summed E-state index contributed by atoms with van der Waals surface area (Å²) in [6.07, 6.45) is 5.58. The number of imidazole rings is 1. The molecule has 260 valence electrons. The van der Waals surface area contributed by atoms with Gasteiger partial charge in [-0.25, -0.2) is 23.7 Å². The first-order valence-electron chi connectivity index (χ1n) is 16.9. The Labute approximate surface area is 294 Å². The highest BCUT2D eigenvalue weighted by atomic mass is 19.1. The van der Waals surface area contributed by atoms with Gasteiger partial charge >= 0.3 is 0 Å². The third-order valence-corrected chi connectivity index (χ3v) is 9.08. The number of hydrogen-bond acceptors (Lipinski definition) is 8. The van der Waals surface area contributed by atoms with Crippen molar-refractivity contribution in [3.05, 3.63) is 120 Å². The van der Waals surface area contributed by atoms with Crippen molar-refractivity contribution in [1.82, 2.24) is 29.2 Å². The zero-order chi connectivity index (χ0) is 35.3. The third-order valence-electron chi connectivity index (χ3n) is 9.08. The van der Waals surface area contributed by atoms with Gasteiger partial charge < -0.3 is 25.2 Å². The first kappa shape index (κ1) is 33.8. The molecule has 0 spiro atoms. The van der Waals surface area contributed by atoms with Gasteiger partial charge in [-0.05, 0) is 86.6 Å². The molecule has 12 heteroatoms. The molecule has 4 heterocycles. The number of methoxy groups -OCH3 is 1. The van der Waals surface area contributed by atoms with Gasteiger partial charge in [0.05, 0.1) is 29.9 Å². The number of aryl methyl sites for hydroxylation is 1. The van der Waals surface area contributed by atoms with E-state index >= 15 is 0 Å². The van der Waals surface area contributed by atoms with E-state index in [2.05, 4.69) is 44.6 Å². The molecule has 1 fully saturated rings. The van der Waals surface area contributed by atoms with E-state index in [1.165, 1.54) is 11.6 Å². The van der Waals surface area contributed by atoms with Gasteiger partial charge in [0.15, 0.2) is 0 Å². The molecule has 7 rings (SSSR count). The predicted molar refractivity (Wildman–Crippen MR) is 194 cm³/mol. The Morgan fingerprint density at radius 1 is 0.902 bits per heavy atom. The summed E-state index contributed by atoms with van der Waals surface area (Å²) in [7, 11) is 3.82. The lowest BCUT2D eigenvalue weighted by Crippen LogP contribution is -2.44. The highest BCUT2D eigenvalue weighted by molar-refractivity contribution is 6.05. The topological polar surface area (TPSA) is 99.9 Å². The van der Waals surface area contributed by atoms with Crippen LogP contribution in [0.2, 0.25) is 0 Å². The number of likely N-dealkylation sites (N-methyl/N-ethyl adjacent to an activating group) is 1. The van der Waals surface area contributed by atoms with Crippen LogP contribution in [0.15, 0.2) is 97.3 Å². The average Bonchev–Trinajstić information content (AvgIpc) is 3.54. The quantitative estimate of drug-likeness (QED) is 0.151. The van der Waals surface area contributed by atoms with Crippen LogP contribution in [0.5, 0.6) is 5.75 Å². The van der Waals surface area contributed by atoms with E-state index in [1.807, 2.05) is 40.9 Å². The molecule has 3 aromatic heterocycles. The van der Waals surface area contributed by atoms with Gasteiger partial charge in [0.2, 0.25) is 5.95 Å². The number of para-hydroxylation sites is 1. The number of hydrogen-bond donors (Lipinski definition) is 2. The number of aromatic nitrogens is 4. The normalized spacial score (nSPS) is 13.7. The van der Waals surface area contributed by atoms with Crippen molar-refractivity contribution in [3.63, 3.8) is 0 Å². The standard InChI is InChI=1S/C39H38F2N8O2/c1-47-20-22-48(23-21-47)18-7-8-26-14-15-31(33(24-26)51-2)43-39-42-17-16-32(44-39)37-35(45-34-13-3-4-19-49(34)37)27-9-5-10-28(25-27)38(50)46-36-29(40)11-6-12-30(36)41/h3-6,9-17,19,24-25H,7-8,18,20-23H2,1-2H3,(H,46,50)(H,42,43,44). The van der Waals surface area contributed by atoms with Crippen molar-refractivity contribution in [2.75, 3.05) is 57.5 Å². The predicted octanol–water partition coefficient (Wildman–Crippen LogP) is 6.92. The van der Waals surface area contributed by atoms with Crippen LogP contribution < -0.4 is 15.4 Å². The molecule has 0 unspecified atom stereocenters. The van der Waals surface area contributed by atoms with E-state index < -0.39 is 23.2 Å². The van der Waals surface area contributed by atoms with E-state index in [-0.39, 0.29) is 5.56 Å². The SMILES string of the molecule is COc1cc(CCCN2CCN(C)CC2)ccc1Nc1nccc(-c2c(-c3cccc(C(=O)Nc4c(F)cccc4F)c3)nc3ccccn23)n1. The van der Waals surface area contributed by atoms with Crippen LogP contribution in [0.4, 0.5) is 26.1 Å². The van der Waals surface area contributed by atoms with E-state index in [0.717, 1.165) is 63.4 Å². The number of carbonyl (C=O) groups is 1. The number of benzene rings is 3. The van der Waals surface area contributed by atoms with Crippen LogP contribution in [-0.4, -0.2) is 81.9 Å². The molecule has 1 amide bonds. The second-order valence-electron chi connectivity index (χ2n) is 12.5. The molecule has 0 saturated carbocycles. The zero-order valence-corrected chi connectivity index (χ0v) is 28.4. The Morgan fingerprint density at radius 3 is 2.51 bits per heavy atom.